The average molecular weight is 234 g/mol. The van der Waals surface area contributed by atoms with Crippen LogP contribution in [0.25, 0.3) is 0 Å². The molecule has 4 heteroatoms. The van der Waals surface area contributed by atoms with Crippen molar-refractivity contribution < 1.29 is 9.53 Å². The molecular weight excluding hydrogens is 216 g/mol. The summed E-state index contributed by atoms with van der Waals surface area (Å²) < 4.78 is 5.12. The van der Waals surface area contributed by atoms with E-state index in [0.29, 0.717) is 6.41 Å². The maximum atomic E-state index is 10.5. The average Bonchev–Trinajstić information content (AvgIpc) is 2.36. The molecule has 0 saturated carbocycles. The van der Waals surface area contributed by atoms with Crippen LogP contribution in [0.3, 0.4) is 0 Å². The molecule has 0 bridgehead atoms. The number of carbonyl (C=O) groups excluding carboxylic acids is 1. The van der Waals surface area contributed by atoms with Crippen LogP contribution >= 0.6 is 0 Å². The van der Waals surface area contributed by atoms with Crippen molar-refractivity contribution in [1.29, 1.82) is 0 Å². The first kappa shape index (κ1) is 11.9. The van der Waals surface area contributed by atoms with Gasteiger partial charge in [-0.15, -0.1) is 0 Å². The fraction of sp³-hybridized carbons (Fsp3) is 0.462. The van der Waals surface area contributed by atoms with Crippen molar-refractivity contribution in [3.63, 3.8) is 0 Å². The predicted molar refractivity (Wildman–Crippen MR) is 68.5 cm³/mol. The summed E-state index contributed by atoms with van der Waals surface area (Å²) in [6.07, 6.45) is 3.00. The van der Waals surface area contributed by atoms with Gasteiger partial charge in [0.25, 0.3) is 0 Å². The SMILES string of the molecule is COCCN1CCCc2ccc(NC=O)cc21. The van der Waals surface area contributed by atoms with Crippen molar-refractivity contribution >= 4 is 17.8 Å². The van der Waals surface area contributed by atoms with E-state index in [-0.39, 0.29) is 0 Å². The third-order valence-electron chi connectivity index (χ3n) is 3.09. The first-order valence-corrected chi connectivity index (χ1v) is 5.92. The van der Waals surface area contributed by atoms with E-state index in [0.717, 1.165) is 31.8 Å². The first-order valence-electron chi connectivity index (χ1n) is 5.92. The lowest BCUT2D eigenvalue weighted by atomic mass is 10.0. The zero-order valence-electron chi connectivity index (χ0n) is 10.1. The number of methoxy groups -OCH3 is 1. The second kappa shape index (κ2) is 5.68. The van der Waals surface area contributed by atoms with Crippen LogP contribution in [0.2, 0.25) is 0 Å². The molecule has 0 radical (unpaired) electrons. The highest BCUT2D eigenvalue weighted by Crippen LogP contribution is 2.29. The number of benzene rings is 1. The molecule has 1 aliphatic heterocycles. The van der Waals surface area contributed by atoms with Gasteiger partial charge in [-0.2, -0.15) is 0 Å². The third-order valence-corrected chi connectivity index (χ3v) is 3.09. The summed E-state index contributed by atoms with van der Waals surface area (Å²) in [4.78, 5) is 12.8. The molecule has 0 saturated heterocycles. The van der Waals surface area contributed by atoms with Gasteiger partial charge in [-0.1, -0.05) is 6.07 Å². The highest BCUT2D eigenvalue weighted by Gasteiger charge is 2.16. The van der Waals surface area contributed by atoms with Crippen molar-refractivity contribution in [3.05, 3.63) is 23.8 Å². The number of fused-ring (bicyclic) bond motifs is 1. The Morgan fingerprint density at radius 3 is 3.18 bits per heavy atom. The summed E-state index contributed by atoms with van der Waals surface area (Å²) in [5.41, 5.74) is 3.42. The Hall–Kier alpha value is -1.55. The van der Waals surface area contributed by atoms with Crippen molar-refractivity contribution in [3.8, 4) is 0 Å². The Bertz CT molecular complexity index is 393. The molecule has 0 fully saturated rings. The Morgan fingerprint density at radius 1 is 1.53 bits per heavy atom. The van der Waals surface area contributed by atoms with Crippen molar-refractivity contribution in [1.82, 2.24) is 0 Å². The van der Waals surface area contributed by atoms with Crippen LogP contribution in [0, 0.1) is 0 Å². The highest BCUT2D eigenvalue weighted by atomic mass is 16.5. The Morgan fingerprint density at radius 2 is 2.41 bits per heavy atom. The van der Waals surface area contributed by atoms with E-state index in [9.17, 15) is 4.79 Å². The molecule has 1 amide bonds. The molecule has 1 aromatic rings. The third kappa shape index (κ3) is 2.77. The van der Waals surface area contributed by atoms with E-state index in [2.05, 4.69) is 16.3 Å². The van der Waals surface area contributed by atoms with Gasteiger partial charge in [-0.25, -0.2) is 0 Å². The minimum atomic E-state index is 0.712. The molecule has 1 aliphatic rings. The van der Waals surface area contributed by atoms with Crippen LogP contribution < -0.4 is 10.2 Å². The monoisotopic (exact) mass is 234 g/mol. The van der Waals surface area contributed by atoms with E-state index in [4.69, 9.17) is 4.74 Å². The number of rotatable bonds is 5. The molecular formula is C13H18N2O2. The zero-order valence-corrected chi connectivity index (χ0v) is 10.1. The number of aryl methyl sites for hydroxylation is 1. The van der Waals surface area contributed by atoms with Crippen LogP contribution in [0.1, 0.15) is 12.0 Å². The molecule has 0 unspecified atom stereocenters. The molecule has 1 heterocycles. The Labute approximate surface area is 102 Å². The van der Waals surface area contributed by atoms with E-state index < -0.39 is 0 Å². The Balaban J connectivity index is 2.20. The number of ether oxygens (including phenoxy) is 1. The van der Waals surface area contributed by atoms with Crippen molar-refractivity contribution in [2.75, 3.05) is 37.0 Å². The lowest BCUT2D eigenvalue weighted by Crippen LogP contribution is -2.32. The van der Waals surface area contributed by atoms with Gasteiger partial charge in [0.05, 0.1) is 6.61 Å². The maximum absolute atomic E-state index is 10.5. The number of amides is 1. The van der Waals surface area contributed by atoms with Crippen LogP contribution in [0.15, 0.2) is 18.2 Å². The van der Waals surface area contributed by atoms with Gasteiger partial charge in [0, 0.05) is 31.6 Å². The van der Waals surface area contributed by atoms with E-state index in [1.54, 1.807) is 7.11 Å². The molecule has 1 aromatic carbocycles. The summed E-state index contributed by atoms with van der Waals surface area (Å²) in [6.45, 7) is 2.68. The van der Waals surface area contributed by atoms with E-state index in [1.807, 2.05) is 12.1 Å². The summed E-state index contributed by atoms with van der Waals surface area (Å²) in [5.74, 6) is 0. The number of anilines is 2. The lowest BCUT2D eigenvalue weighted by Gasteiger charge is -2.31. The highest BCUT2D eigenvalue weighted by molar-refractivity contribution is 5.75. The number of nitrogens with one attached hydrogen (secondary N) is 1. The van der Waals surface area contributed by atoms with E-state index in [1.165, 1.54) is 17.7 Å². The largest absolute Gasteiger partial charge is 0.383 e. The normalized spacial score (nSPS) is 14.3. The molecule has 92 valence electrons. The molecule has 17 heavy (non-hydrogen) atoms. The fourth-order valence-electron chi connectivity index (χ4n) is 2.24. The van der Waals surface area contributed by atoms with Gasteiger partial charge in [0.15, 0.2) is 0 Å². The molecule has 4 nitrogen and oxygen atoms in total. The number of hydrogen-bond donors (Lipinski definition) is 1. The lowest BCUT2D eigenvalue weighted by molar-refractivity contribution is -0.105. The van der Waals surface area contributed by atoms with Crippen LogP contribution in [-0.2, 0) is 16.0 Å². The van der Waals surface area contributed by atoms with Crippen molar-refractivity contribution in [2.45, 2.75) is 12.8 Å². The Kier molecular flexibility index (Phi) is 3.98. The predicted octanol–water partition coefficient (Wildman–Crippen LogP) is 1.65. The molecule has 1 N–H and O–H groups in total. The first-order chi connectivity index (χ1) is 8.35. The summed E-state index contributed by atoms with van der Waals surface area (Å²) in [6, 6.07) is 6.09. The molecule has 0 atom stereocenters. The quantitative estimate of drug-likeness (QED) is 0.788. The molecule has 2 rings (SSSR count). The second-order valence-corrected chi connectivity index (χ2v) is 4.19. The summed E-state index contributed by atoms with van der Waals surface area (Å²) in [7, 11) is 1.72. The van der Waals surface area contributed by atoms with Crippen LogP contribution in [0.5, 0.6) is 0 Å². The smallest absolute Gasteiger partial charge is 0.211 e. The summed E-state index contributed by atoms with van der Waals surface area (Å²) in [5, 5.41) is 2.70. The molecule has 0 spiro atoms. The minimum absolute atomic E-state index is 0.712. The van der Waals surface area contributed by atoms with Gasteiger partial charge in [-0.3, -0.25) is 4.79 Å². The van der Waals surface area contributed by atoms with Gasteiger partial charge in [-0.05, 0) is 30.5 Å². The number of hydrogen-bond acceptors (Lipinski definition) is 3. The number of carbonyl (C=O) groups is 1. The number of nitrogens with zero attached hydrogens (tertiary/aromatic N) is 1. The second-order valence-electron chi connectivity index (χ2n) is 4.19. The maximum Gasteiger partial charge on any atom is 0.211 e. The van der Waals surface area contributed by atoms with E-state index >= 15 is 0 Å². The minimum Gasteiger partial charge on any atom is -0.383 e. The fourth-order valence-corrected chi connectivity index (χ4v) is 2.24. The molecule has 0 aromatic heterocycles. The standard InChI is InChI=1S/C13H18N2O2/c1-17-8-7-15-6-2-3-11-4-5-12(14-10-16)9-13(11)15/h4-5,9-10H,2-3,6-8H2,1H3,(H,14,16). The van der Waals surface area contributed by atoms with Crippen LogP contribution in [0.4, 0.5) is 11.4 Å². The topological polar surface area (TPSA) is 41.6 Å². The van der Waals surface area contributed by atoms with Gasteiger partial charge >= 0.3 is 0 Å². The summed E-state index contributed by atoms with van der Waals surface area (Å²) >= 11 is 0. The van der Waals surface area contributed by atoms with Gasteiger partial charge in [0.2, 0.25) is 6.41 Å². The zero-order chi connectivity index (χ0) is 12.1. The van der Waals surface area contributed by atoms with Crippen LogP contribution in [-0.4, -0.2) is 33.2 Å². The van der Waals surface area contributed by atoms with Crippen molar-refractivity contribution in [2.24, 2.45) is 0 Å². The van der Waals surface area contributed by atoms with Gasteiger partial charge < -0.3 is 15.0 Å². The molecule has 0 aliphatic carbocycles. The van der Waals surface area contributed by atoms with Gasteiger partial charge in [0.1, 0.15) is 0 Å².